The molecule has 140 valence electrons. The molecule has 0 aliphatic carbocycles. The van der Waals surface area contributed by atoms with Crippen molar-refractivity contribution in [1.29, 1.82) is 0 Å². The van der Waals surface area contributed by atoms with E-state index in [1.807, 2.05) is 21.1 Å². The third-order valence-electron chi connectivity index (χ3n) is 3.77. The van der Waals surface area contributed by atoms with Gasteiger partial charge in [-0.15, -0.1) is 0 Å². The maximum absolute atomic E-state index is 11.7. The second-order valence-electron chi connectivity index (χ2n) is 7.33. The molecule has 1 unspecified atom stereocenters. The number of phosphoric acid groups is 1. The number of phosphoric ester groups is 1. The largest absolute Gasteiger partial charge is 0.472 e. The second kappa shape index (κ2) is 13.4. The van der Waals surface area contributed by atoms with E-state index in [0.29, 0.717) is 17.6 Å². The SMILES string of the molecule is CCCCCCCCCCCCOP(=O)(O)OCC[N+](C)(C)C. The Morgan fingerprint density at radius 2 is 1.22 bits per heavy atom. The molecule has 0 rings (SSSR count). The average Bonchev–Trinajstić information content (AvgIpc) is 2.43. The Kier molecular flexibility index (Phi) is 13.4. The van der Waals surface area contributed by atoms with Crippen LogP contribution in [-0.2, 0) is 13.6 Å². The molecule has 1 N–H and O–H groups in total. The zero-order valence-corrected chi connectivity index (χ0v) is 16.7. The van der Waals surface area contributed by atoms with Crippen LogP contribution in [0.15, 0.2) is 0 Å². The summed E-state index contributed by atoms with van der Waals surface area (Å²) in [6, 6.07) is 0. The standard InChI is InChI=1S/C17H38NO4P/c1-5-6-7-8-9-10-11-12-13-14-16-21-23(19,20)22-17-15-18(2,3)4/h5-17H2,1-4H3/p+1. The molecule has 0 fully saturated rings. The average molecular weight is 352 g/mol. The zero-order chi connectivity index (χ0) is 17.6. The van der Waals surface area contributed by atoms with Crippen LogP contribution in [0.3, 0.4) is 0 Å². The van der Waals surface area contributed by atoms with Crippen molar-refractivity contribution in [3.63, 3.8) is 0 Å². The van der Waals surface area contributed by atoms with E-state index >= 15 is 0 Å². The van der Waals surface area contributed by atoms with Crippen LogP contribution >= 0.6 is 7.82 Å². The van der Waals surface area contributed by atoms with Crippen LogP contribution < -0.4 is 0 Å². The maximum atomic E-state index is 11.7. The summed E-state index contributed by atoms with van der Waals surface area (Å²) in [7, 11) is 2.17. The number of nitrogens with zero attached hydrogens (tertiary/aromatic N) is 1. The summed E-state index contributed by atoms with van der Waals surface area (Å²) in [5.74, 6) is 0. The molecule has 0 saturated heterocycles. The van der Waals surface area contributed by atoms with E-state index in [4.69, 9.17) is 9.05 Å². The number of quaternary nitrogens is 1. The van der Waals surface area contributed by atoms with Gasteiger partial charge in [0.25, 0.3) is 0 Å². The molecule has 0 aromatic carbocycles. The summed E-state index contributed by atoms with van der Waals surface area (Å²) in [6.07, 6.45) is 12.3. The molecular formula is C17H39NO4P+. The maximum Gasteiger partial charge on any atom is 0.472 e. The van der Waals surface area contributed by atoms with Crippen LogP contribution in [0.1, 0.15) is 71.1 Å². The fourth-order valence-electron chi connectivity index (χ4n) is 2.24. The van der Waals surface area contributed by atoms with Gasteiger partial charge in [-0.25, -0.2) is 4.57 Å². The highest BCUT2D eigenvalue weighted by atomic mass is 31.2. The molecule has 0 aromatic heterocycles. The number of unbranched alkanes of at least 4 members (excludes halogenated alkanes) is 9. The summed E-state index contributed by atoms with van der Waals surface area (Å²) in [5.41, 5.74) is 0. The first-order chi connectivity index (χ1) is 10.8. The minimum absolute atomic E-state index is 0.231. The van der Waals surface area contributed by atoms with Crippen molar-refractivity contribution in [3.8, 4) is 0 Å². The van der Waals surface area contributed by atoms with Gasteiger partial charge in [0.05, 0.1) is 27.7 Å². The molecule has 0 aromatic rings. The molecule has 0 saturated carbocycles. The molecule has 6 heteroatoms. The first-order valence-electron chi connectivity index (χ1n) is 9.19. The van der Waals surface area contributed by atoms with Gasteiger partial charge in [-0.1, -0.05) is 64.7 Å². The molecule has 23 heavy (non-hydrogen) atoms. The van der Waals surface area contributed by atoms with Gasteiger partial charge in [-0.2, -0.15) is 0 Å². The van der Waals surface area contributed by atoms with E-state index in [9.17, 15) is 9.46 Å². The Morgan fingerprint density at radius 3 is 1.70 bits per heavy atom. The Bertz CT molecular complexity index is 318. The molecule has 0 aliphatic heterocycles. The van der Waals surface area contributed by atoms with Gasteiger partial charge in [-0.3, -0.25) is 9.05 Å². The van der Waals surface area contributed by atoms with E-state index in [1.165, 1.54) is 51.4 Å². The van der Waals surface area contributed by atoms with Crippen LogP contribution in [-0.4, -0.2) is 50.3 Å². The summed E-state index contributed by atoms with van der Waals surface area (Å²) in [6.45, 7) is 3.44. The van der Waals surface area contributed by atoms with E-state index in [-0.39, 0.29) is 6.61 Å². The van der Waals surface area contributed by atoms with Gasteiger partial charge in [0, 0.05) is 0 Å². The molecule has 0 spiro atoms. The van der Waals surface area contributed by atoms with Gasteiger partial charge in [-0.05, 0) is 6.42 Å². The lowest BCUT2D eigenvalue weighted by atomic mass is 10.1. The number of hydrogen-bond acceptors (Lipinski definition) is 3. The number of rotatable bonds is 16. The normalized spacial score (nSPS) is 14.8. The van der Waals surface area contributed by atoms with Gasteiger partial charge in [0.15, 0.2) is 0 Å². The predicted molar refractivity (Wildman–Crippen MR) is 96.5 cm³/mol. The van der Waals surface area contributed by atoms with Crippen molar-refractivity contribution in [2.75, 3.05) is 40.9 Å². The number of likely N-dealkylation sites (N-methyl/N-ethyl adjacent to an activating group) is 1. The third-order valence-corrected chi connectivity index (χ3v) is 4.79. The predicted octanol–water partition coefficient (Wildman–Crippen LogP) is 4.75. The Balaban J connectivity index is 3.40. The van der Waals surface area contributed by atoms with Gasteiger partial charge in [0.2, 0.25) is 0 Å². The summed E-state index contributed by atoms with van der Waals surface area (Å²) >= 11 is 0. The van der Waals surface area contributed by atoms with Gasteiger partial charge in [0.1, 0.15) is 13.2 Å². The third kappa shape index (κ3) is 18.3. The van der Waals surface area contributed by atoms with Crippen LogP contribution in [0, 0.1) is 0 Å². The molecule has 0 aliphatic rings. The molecule has 5 nitrogen and oxygen atoms in total. The van der Waals surface area contributed by atoms with Crippen molar-refractivity contribution in [2.24, 2.45) is 0 Å². The lowest BCUT2D eigenvalue weighted by Gasteiger charge is -2.24. The molecule has 0 bridgehead atoms. The second-order valence-corrected chi connectivity index (χ2v) is 8.78. The van der Waals surface area contributed by atoms with Crippen LogP contribution in [0.5, 0.6) is 0 Å². The van der Waals surface area contributed by atoms with E-state index in [2.05, 4.69) is 6.92 Å². The first kappa shape index (κ1) is 23.1. The fraction of sp³-hybridized carbons (Fsp3) is 1.00. The van der Waals surface area contributed by atoms with Crippen molar-refractivity contribution in [3.05, 3.63) is 0 Å². The fourth-order valence-corrected chi connectivity index (χ4v) is 2.98. The van der Waals surface area contributed by atoms with Crippen molar-refractivity contribution >= 4 is 7.82 Å². The van der Waals surface area contributed by atoms with Crippen molar-refractivity contribution < 1.29 is 23.0 Å². The summed E-state index contributed by atoms with van der Waals surface area (Å²) in [4.78, 5) is 9.56. The van der Waals surface area contributed by atoms with Crippen molar-refractivity contribution in [1.82, 2.24) is 0 Å². The highest BCUT2D eigenvalue weighted by molar-refractivity contribution is 7.47. The summed E-state index contributed by atoms with van der Waals surface area (Å²) in [5, 5.41) is 0. The minimum Gasteiger partial charge on any atom is -0.329 e. The van der Waals surface area contributed by atoms with E-state index in [0.717, 1.165) is 12.8 Å². The van der Waals surface area contributed by atoms with Gasteiger partial charge >= 0.3 is 7.82 Å². The van der Waals surface area contributed by atoms with Crippen molar-refractivity contribution in [2.45, 2.75) is 71.1 Å². The molecule has 0 radical (unpaired) electrons. The molecule has 0 heterocycles. The molecule has 0 amide bonds. The zero-order valence-electron chi connectivity index (χ0n) is 15.8. The Hall–Kier alpha value is 0.0700. The quantitative estimate of drug-likeness (QED) is 0.247. The Morgan fingerprint density at radius 1 is 0.783 bits per heavy atom. The van der Waals surface area contributed by atoms with Gasteiger partial charge < -0.3 is 9.38 Å². The van der Waals surface area contributed by atoms with Crippen LogP contribution in [0.2, 0.25) is 0 Å². The number of hydrogen-bond donors (Lipinski definition) is 1. The molecule has 1 atom stereocenters. The summed E-state index contributed by atoms with van der Waals surface area (Å²) < 4.78 is 22.3. The highest BCUT2D eigenvalue weighted by Gasteiger charge is 2.21. The molecular weight excluding hydrogens is 313 g/mol. The van der Waals surface area contributed by atoms with E-state index < -0.39 is 7.82 Å². The van der Waals surface area contributed by atoms with Crippen LogP contribution in [0.4, 0.5) is 0 Å². The smallest absolute Gasteiger partial charge is 0.329 e. The Labute approximate surface area is 143 Å². The topological polar surface area (TPSA) is 55.8 Å². The lowest BCUT2D eigenvalue weighted by molar-refractivity contribution is -0.870. The highest BCUT2D eigenvalue weighted by Crippen LogP contribution is 2.43. The minimum atomic E-state index is -3.87. The first-order valence-corrected chi connectivity index (χ1v) is 10.7. The lowest BCUT2D eigenvalue weighted by Crippen LogP contribution is -2.37. The van der Waals surface area contributed by atoms with E-state index in [1.54, 1.807) is 0 Å². The monoisotopic (exact) mass is 352 g/mol. The van der Waals surface area contributed by atoms with Crippen LogP contribution in [0.25, 0.3) is 0 Å².